The minimum absolute atomic E-state index is 0.531. The topological polar surface area (TPSA) is 58.1 Å². The molecule has 0 atom stereocenters. The minimum Gasteiger partial charge on any atom is -0.491 e. The van der Waals surface area contributed by atoms with Crippen molar-refractivity contribution in [2.24, 2.45) is 4.99 Å². The van der Waals surface area contributed by atoms with Crippen LogP contribution in [0.25, 0.3) is 0 Å². The number of aliphatic imine (C=N–C) groups is 1. The summed E-state index contributed by atoms with van der Waals surface area (Å²) < 4.78 is 10.9. The Morgan fingerprint density at radius 3 is 2.36 bits per heavy atom. The van der Waals surface area contributed by atoms with E-state index in [2.05, 4.69) is 69.9 Å². The lowest BCUT2D eigenvalue weighted by atomic mass is 10.1. The highest BCUT2D eigenvalue weighted by atomic mass is 16.5. The Hall–Kier alpha value is -2.73. The lowest BCUT2D eigenvalue weighted by Crippen LogP contribution is -2.36. The van der Waals surface area contributed by atoms with E-state index < -0.39 is 0 Å². The molecular formula is C22H32N4O2. The highest BCUT2D eigenvalue weighted by molar-refractivity contribution is 5.79. The molecular weight excluding hydrogens is 352 g/mol. The molecule has 0 aliphatic heterocycles. The fourth-order valence-corrected chi connectivity index (χ4v) is 2.67. The van der Waals surface area contributed by atoms with Gasteiger partial charge >= 0.3 is 0 Å². The molecule has 0 saturated heterocycles. The first-order valence-corrected chi connectivity index (χ1v) is 9.45. The third kappa shape index (κ3) is 6.78. The van der Waals surface area contributed by atoms with Crippen molar-refractivity contribution in [1.29, 1.82) is 0 Å². The van der Waals surface area contributed by atoms with Gasteiger partial charge in [0.25, 0.3) is 0 Å². The van der Waals surface area contributed by atoms with Gasteiger partial charge in [-0.3, -0.25) is 4.99 Å². The van der Waals surface area contributed by atoms with Crippen LogP contribution in [0.2, 0.25) is 0 Å². The molecule has 0 unspecified atom stereocenters. The molecule has 2 rings (SSSR count). The molecule has 0 aliphatic carbocycles. The maximum atomic E-state index is 5.85. The molecule has 2 aromatic rings. The molecule has 0 aliphatic rings. The van der Waals surface area contributed by atoms with Crippen molar-refractivity contribution in [3.8, 4) is 5.75 Å². The summed E-state index contributed by atoms with van der Waals surface area (Å²) in [7, 11) is 7.52. The van der Waals surface area contributed by atoms with Gasteiger partial charge in [-0.25, -0.2) is 0 Å². The van der Waals surface area contributed by atoms with Crippen LogP contribution >= 0.6 is 0 Å². The molecule has 0 aromatic heterocycles. The molecule has 0 radical (unpaired) electrons. The fraction of sp³-hybridized carbons (Fsp3) is 0.409. The second kappa shape index (κ2) is 11.2. The van der Waals surface area contributed by atoms with Gasteiger partial charge in [-0.15, -0.1) is 0 Å². The van der Waals surface area contributed by atoms with Gasteiger partial charge in [-0.2, -0.15) is 0 Å². The SMILES string of the molecule is CN=C(NCc1ccc(N(C)C)cc1)NCc1ccc(C)cc1OCCOC. The first kappa shape index (κ1) is 21.6. The van der Waals surface area contributed by atoms with Crippen LogP contribution in [-0.2, 0) is 17.8 Å². The second-order valence-corrected chi connectivity index (χ2v) is 6.79. The van der Waals surface area contributed by atoms with Crippen molar-refractivity contribution in [3.05, 3.63) is 59.2 Å². The first-order chi connectivity index (χ1) is 13.5. The molecule has 28 heavy (non-hydrogen) atoms. The summed E-state index contributed by atoms with van der Waals surface area (Å²) in [5.41, 5.74) is 4.64. The predicted octanol–water partition coefficient (Wildman–Crippen LogP) is 2.95. The number of aryl methyl sites for hydroxylation is 1. The molecule has 0 heterocycles. The van der Waals surface area contributed by atoms with Gasteiger partial charge in [0.15, 0.2) is 5.96 Å². The first-order valence-electron chi connectivity index (χ1n) is 9.45. The van der Waals surface area contributed by atoms with Crippen LogP contribution in [0.15, 0.2) is 47.5 Å². The average Bonchev–Trinajstić information content (AvgIpc) is 2.70. The summed E-state index contributed by atoms with van der Waals surface area (Å²) in [6.07, 6.45) is 0. The van der Waals surface area contributed by atoms with Gasteiger partial charge in [0.1, 0.15) is 12.4 Å². The minimum atomic E-state index is 0.531. The molecule has 0 saturated carbocycles. The van der Waals surface area contributed by atoms with E-state index in [0.717, 1.165) is 17.3 Å². The second-order valence-electron chi connectivity index (χ2n) is 6.79. The Labute approximate surface area is 168 Å². The number of hydrogen-bond donors (Lipinski definition) is 2. The molecule has 0 bridgehead atoms. The molecule has 2 aromatic carbocycles. The van der Waals surface area contributed by atoms with E-state index in [-0.39, 0.29) is 0 Å². The molecule has 0 amide bonds. The fourth-order valence-electron chi connectivity index (χ4n) is 2.67. The van der Waals surface area contributed by atoms with Crippen molar-refractivity contribution in [2.45, 2.75) is 20.0 Å². The Balaban J connectivity index is 1.91. The quantitative estimate of drug-likeness (QED) is 0.395. The number of ether oxygens (including phenoxy) is 2. The monoisotopic (exact) mass is 384 g/mol. The molecule has 0 fully saturated rings. The van der Waals surface area contributed by atoms with Gasteiger partial charge < -0.3 is 25.0 Å². The highest BCUT2D eigenvalue weighted by Crippen LogP contribution is 2.20. The van der Waals surface area contributed by atoms with Crippen molar-refractivity contribution in [2.75, 3.05) is 46.4 Å². The van der Waals surface area contributed by atoms with E-state index in [9.17, 15) is 0 Å². The summed E-state index contributed by atoms with van der Waals surface area (Å²) >= 11 is 0. The molecule has 6 nitrogen and oxygen atoms in total. The summed E-state index contributed by atoms with van der Waals surface area (Å²) in [5, 5.41) is 6.71. The van der Waals surface area contributed by atoms with Crippen LogP contribution in [0, 0.1) is 6.92 Å². The number of rotatable bonds is 9. The zero-order valence-corrected chi connectivity index (χ0v) is 17.6. The van der Waals surface area contributed by atoms with E-state index in [1.807, 2.05) is 14.1 Å². The summed E-state index contributed by atoms with van der Waals surface area (Å²) in [6, 6.07) is 14.7. The van der Waals surface area contributed by atoms with Crippen LogP contribution in [0.1, 0.15) is 16.7 Å². The van der Waals surface area contributed by atoms with E-state index in [1.54, 1.807) is 14.2 Å². The number of methoxy groups -OCH3 is 1. The maximum Gasteiger partial charge on any atom is 0.191 e. The molecule has 0 spiro atoms. The number of hydrogen-bond acceptors (Lipinski definition) is 4. The van der Waals surface area contributed by atoms with Crippen molar-refractivity contribution >= 4 is 11.6 Å². The van der Waals surface area contributed by atoms with Crippen LogP contribution in [0.3, 0.4) is 0 Å². The number of benzene rings is 2. The number of anilines is 1. The molecule has 2 N–H and O–H groups in total. The normalized spacial score (nSPS) is 11.2. The van der Waals surface area contributed by atoms with Gasteiger partial charge in [0.05, 0.1) is 6.61 Å². The standard InChI is InChI=1S/C22H32N4O2/c1-17-6-9-19(21(14-17)28-13-12-27-5)16-25-22(23-2)24-15-18-7-10-20(11-8-18)26(3)4/h6-11,14H,12-13,15-16H2,1-5H3,(H2,23,24,25). The van der Waals surface area contributed by atoms with E-state index in [1.165, 1.54) is 16.8 Å². The van der Waals surface area contributed by atoms with Crippen molar-refractivity contribution in [3.63, 3.8) is 0 Å². The Morgan fingerprint density at radius 2 is 1.71 bits per heavy atom. The number of guanidine groups is 1. The average molecular weight is 385 g/mol. The lowest BCUT2D eigenvalue weighted by Gasteiger charge is -2.16. The van der Waals surface area contributed by atoms with Gasteiger partial charge in [-0.05, 0) is 36.2 Å². The van der Waals surface area contributed by atoms with Crippen LogP contribution < -0.4 is 20.3 Å². The van der Waals surface area contributed by atoms with E-state index in [4.69, 9.17) is 9.47 Å². The zero-order valence-electron chi connectivity index (χ0n) is 17.6. The Kier molecular flexibility index (Phi) is 8.62. The highest BCUT2D eigenvalue weighted by Gasteiger charge is 2.06. The van der Waals surface area contributed by atoms with Crippen molar-refractivity contribution in [1.82, 2.24) is 10.6 Å². The molecule has 152 valence electrons. The van der Waals surface area contributed by atoms with Gasteiger partial charge in [0.2, 0.25) is 0 Å². The van der Waals surface area contributed by atoms with Crippen LogP contribution in [0.5, 0.6) is 5.75 Å². The summed E-state index contributed by atoms with van der Waals surface area (Å²) in [5.74, 6) is 1.62. The predicted molar refractivity (Wildman–Crippen MR) is 116 cm³/mol. The van der Waals surface area contributed by atoms with E-state index >= 15 is 0 Å². The third-order valence-corrected chi connectivity index (χ3v) is 4.35. The zero-order chi connectivity index (χ0) is 20.4. The Morgan fingerprint density at radius 1 is 1.00 bits per heavy atom. The maximum absolute atomic E-state index is 5.85. The van der Waals surface area contributed by atoms with Gasteiger partial charge in [-0.1, -0.05) is 24.3 Å². The largest absolute Gasteiger partial charge is 0.491 e. The van der Waals surface area contributed by atoms with Crippen LogP contribution in [0.4, 0.5) is 5.69 Å². The molecule has 6 heteroatoms. The smallest absolute Gasteiger partial charge is 0.191 e. The number of nitrogens with one attached hydrogen (secondary N) is 2. The summed E-state index contributed by atoms with van der Waals surface area (Å²) in [6.45, 7) is 4.49. The summed E-state index contributed by atoms with van der Waals surface area (Å²) in [4.78, 5) is 6.40. The third-order valence-electron chi connectivity index (χ3n) is 4.35. The van der Waals surface area contributed by atoms with Crippen LogP contribution in [-0.4, -0.2) is 47.4 Å². The van der Waals surface area contributed by atoms with Gasteiger partial charge in [0, 0.05) is 52.6 Å². The lowest BCUT2D eigenvalue weighted by molar-refractivity contribution is 0.145. The Bertz CT molecular complexity index is 758. The van der Waals surface area contributed by atoms with Crippen molar-refractivity contribution < 1.29 is 9.47 Å². The van der Waals surface area contributed by atoms with E-state index in [0.29, 0.717) is 26.3 Å². The number of nitrogens with zero attached hydrogens (tertiary/aromatic N) is 2.